The summed E-state index contributed by atoms with van der Waals surface area (Å²) in [5, 5.41) is 9.43. The van der Waals surface area contributed by atoms with Crippen LogP contribution in [0, 0.1) is 13.8 Å². The molecular weight excluding hydrogens is 554 g/mol. The maximum absolute atomic E-state index is 13.3. The van der Waals surface area contributed by atoms with E-state index >= 15 is 0 Å². The van der Waals surface area contributed by atoms with E-state index in [-0.39, 0.29) is 17.9 Å². The van der Waals surface area contributed by atoms with Gasteiger partial charge in [-0.25, -0.2) is 4.98 Å². The Morgan fingerprint density at radius 3 is 2.42 bits per heavy atom. The van der Waals surface area contributed by atoms with E-state index in [4.69, 9.17) is 0 Å². The molecule has 3 aromatic carbocycles. The molecule has 1 atom stereocenters. The van der Waals surface area contributed by atoms with Crippen LogP contribution in [0.2, 0.25) is 0 Å². The van der Waals surface area contributed by atoms with Crippen molar-refractivity contribution < 1.29 is 9.59 Å². The van der Waals surface area contributed by atoms with Crippen molar-refractivity contribution in [3.05, 3.63) is 117 Å². The summed E-state index contributed by atoms with van der Waals surface area (Å²) in [5.41, 5.74) is 5.78. The first-order valence-corrected chi connectivity index (χ1v) is 15.8. The standard InChI is InChI=1S/C28H35N5O2S.C7H8/c1-20-19-36-27(31-20)25-12-6-15-33(25)28(35)23-10-5-9-22(17-23)26(34)30-14-7-13-29-18-21-8-4-11-24(16-21)32(2)3;1-7-5-3-2-4-6-7/h4-5,8-11,16-17,19,25,29H,6-7,12-15,18H2,1-3H3,(H,30,34);2-6H,1H3. The highest BCUT2D eigenvalue weighted by Crippen LogP contribution is 2.34. The van der Waals surface area contributed by atoms with Crippen LogP contribution in [0.4, 0.5) is 5.69 Å². The maximum atomic E-state index is 13.3. The Labute approximate surface area is 260 Å². The second-order valence-corrected chi connectivity index (χ2v) is 12.0. The Hall–Kier alpha value is -4.01. The summed E-state index contributed by atoms with van der Waals surface area (Å²) < 4.78 is 0. The van der Waals surface area contributed by atoms with E-state index in [1.807, 2.05) is 49.5 Å². The molecule has 8 heteroatoms. The van der Waals surface area contributed by atoms with Crippen LogP contribution in [-0.4, -0.2) is 55.4 Å². The highest BCUT2D eigenvalue weighted by atomic mass is 32.1. The van der Waals surface area contributed by atoms with E-state index in [2.05, 4.69) is 63.8 Å². The predicted octanol–water partition coefficient (Wildman–Crippen LogP) is 6.40. The minimum Gasteiger partial charge on any atom is -0.378 e. The zero-order chi connectivity index (χ0) is 30.6. The molecule has 0 saturated carbocycles. The number of rotatable bonds is 10. The van der Waals surface area contributed by atoms with Gasteiger partial charge in [0.2, 0.25) is 0 Å². The van der Waals surface area contributed by atoms with Gasteiger partial charge in [-0.2, -0.15) is 0 Å². The van der Waals surface area contributed by atoms with Crippen LogP contribution in [0.5, 0.6) is 0 Å². The molecule has 1 unspecified atom stereocenters. The topological polar surface area (TPSA) is 77.6 Å². The molecule has 43 heavy (non-hydrogen) atoms. The lowest BCUT2D eigenvalue weighted by atomic mass is 10.1. The molecule has 4 aromatic rings. The van der Waals surface area contributed by atoms with Crippen LogP contribution >= 0.6 is 11.3 Å². The molecule has 1 aromatic heterocycles. The summed E-state index contributed by atoms with van der Waals surface area (Å²) in [5.74, 6) is -0.195. The number of nitrogens with one attached hydrogen (secondary N) is 2. The molecule has 1 saturated heterocycles. The Kier molecular flexibility index (Phi) is 11.9. The number of amides is 2. The van der Waals surface area contributed by atoms with Crippen LogP contribution in [0.3, 0.4) is 0 Å². The molecule has 0 aliphatic carbocycles. The van der Waals surface area contributed by atoms with Crippen molar-refractivity contribution in [3.8, 4) is 0 Å². The van der Waals surface area contributed by atoms with Gasteiger partial charge in [0.05, 0.1) is 6.04 Å². The summed E-state index contributed by atoms with van der Waals surface area (Å²) in [4.78, 5) is 34.6. The molecule has 5 rings (SSSR count). The van der Waals surface area contributed by atoms with Gasteiger partial charge in [0.1, 0.15) is 5.01 Å². The zero-order valence-electron chi connectivity index (χ0n) is 25.7. The van der Waals surface area contributed by atoms with Crippen molar-refractivity contribution in [2.45, 2.75) is 45.7 Å². The SMILES string of the molecule is Cc1ccccc1.Cc1csc(C2CCCN2C(=O)c2cccc(C(=O)NCCCNCc3cccc(N(C)C)c3)c2)n1. The highest BCUT2D eigenvalue weighted by molar-refractivity contribution is 7.09. The molecule has 0 spiro atoms. The van der Waals surface area contributed by atoms with E-state index in [9.17, 15) is 9.59 Å². The Balaban J connectivity index is 0.000000530. The molecule has 1 fully saturated rings. The van der Waals surface area contributed by atoms with Crippen molar-refractivity contribution in [3.63, 3.8) is 0 Å². The van der Waals surface area contributed by atoms with Gasteiger partial charge < -0.3 is 20.4 Å². The second kappa shape index (κ2) is 16.0. The van der Waals surface area contributed by atoms with Crippen LogP contribution < -0.4 is 15.5 Å². The molecule has 2 heterocycles. The lowest BCUT2D eigenvalue weighted by Crippen LogP contribution is -2.31. The number of carbonyl (C=O) groups is 2. The normalized spacial score (nSPS) is 14.1. The molecule has 0 bridgehead atoms. The fourth-order valence-electron chi connectivity index (χ4n) is 4.98. The minimum absolute atomic E-state index is 0.0199. The summed E-state index contributed by atoms with van der Waals surface area (Å²) in [6.07, 6.45) is 2.71. The molecular formula is C35H43N5O2S. The zero-order valence-corrected chi connectivity index (χ0v) is 26.5. The van der Waals surface area contributed by atoms with Crippen LogP contribution in [0.15, 0.2) is 84.2 Å². The lowest BCUT2D eigenvalue weighted by Gasteiger charge is -2.23. The quantitative estimate of drug-likeness (QED) is 0.207. The largest absolute Gasteiger partial charge is 0.378 e. The third-order valence-corrected chi connectivity index (χ3v) is 8.38. The summed E-state index contributed by atoms with van der Waals surface area (Å²) in [6, 6.07) is 25.8. The number of anilines is 1. The molecule has 226 valence electrons. The lowest BCUT2D eigenvalue weighted by molar-refractivity contribution is 0.0735. The van der Waals surface area contributed by atoms with Crippen molar-refractivity contribution in [1.82, 2.24) is 20.5 Å². The average molecular weight is 598 g/mol. The third kappa shape index (κ3) is 9.49. The monoisotopic (exact) mass is 597 g/mol. The van der Waals surface area contributed by atoms with Crippen LogP contribution in [0.1, 0.15) is 67.8 Å². The summed E-state index contributed by atoms with van der Waals surface area (Å²) in [6.45, 7) is 6.93. The van der Waals surface area contributed by atoms with Crippen molar-refractivity contribution in [2.75, 3.05) is 38.6 Å². The van der Waals surface area contributed by atoms with Crippen molar-refractivity contribution >= 4 is 28.8 Å². The predicted molar refractivity (Wildman–Crippen MR) is 177 cm³/mol. The van der Waals surface area contributed by atoms with Gasteiger partial charge in [-0.05, 0) is 75.5 Å². The van der Waals surface area contributed by atoms with Gasteiger partial charge in [0, 0.05) is 61.6 Å². The van der Waals surface area contributed by atoms with Gasteiger partial charge in [0.15, 0.2) is 0 Å². The van der Waals surface area contributed by atoms with Crippen LogP contribution in [-0.2, 0) is 6.54 Å². The maximum Gasteiger partial charge on any atom is 0.254 e. The first-order valence-electron chi connectivity index (χ1n) is 14.9. The number of thiazole rings is 1. The number of likely N-dealkylation sites (tertiary alicyclic amines) is 1. The number of hydrogen-bond acceptors (Lipinski definition) is 6. The van der Waals surface area contributed by atoms with E-state index in [1.165, 1.54) is 16.8 Å². The Morgan fingerprint density at radius 1 is 0.953 bits per heavy atom. The number of aryl methyl sites for hydroxylation is 2. The van der Waals surface area contributed by atoms with E-state index in [1.54, 1.807) is 35.6 Å². The van der Waals surface area contributed by atoms with E-state index < -0.39 is 0 Å². The van der Waals surface area contributed by atoms with Gasteiger partial charge in [0.25, 0.3) is 11.8 Å². The van der Waals surface area contributed by atoms with Crippen LogP contribution in [0.25, 0.3) is 0 Å². The second-order valence-electron chi connectivity index (χ2n) is 11.1. The average Bonchev–Trinajstić information content (AvgIpc) is 3.68. The van der Waals surface area contributed by atoms with Gasteiger partial charge >= 0.3 is 0 Å². The highest BCUT2D eigenvalue weighted by Gasteiger charge is 2.32. The summed E-state index contributed by atoms with van der Waals surface area (Å²) >= 11 is 1.61. The van der Waals surface area contributed by atoms with Gasteiger partial charge in [-0.15, -0.1) is 11.3 Å². The number of carbonyl (C=O) groups excluding carboxylic acids is 2. The molecule has 1 aliphatic rings. The van der Waals surface area contributed by atoms with Crippen molar-refractivity contribution in [1.29, 1.82) is 0 Å². The molecule has 1 aliphatic heterocycles. The smallest absolute Gasteiger partial charge is 0.254 e. The number of aromatic nitrogens is 1. The van der Waals surface area contributed by atoms with Gasteiger partial charge in [-0.3, -0.25) is 9.59 Å². The number of nitrogens with zero attached hydrogens (tertiary/aromatic N) is 3. The first-order chi connectivity index (χ1) is 20.8. The van der Waals surface area contributed by atoms with Crippen molar-refractivity contribution in [2.24, 2.45) is 0 Å². The molecule has 0 radical (unpaired) electrons. The molecule has 7 nitrogen and oxygen atoms in total. The Morgan fingerprint density at radius 2 is 1.72 bits per heavy atom. The first kappa shape index (κ1) is 31.9. The Bertz CT molecular complexity index is 1470. The minimum atomic E-state index is -0.156. The number of benzene rings is 3. The molecule has 2 N–H and O–H groups in total. The van der Waals surface area contributed by atoms with E-state index in [0.717, 1.165) is 43.1 Å². The third-order valence-electron chi connectivity index (χ3n) is 7.32. The molecule has 2 amide bonds. The van der Waals surface area contributed by atoms with E-state index in [0.29, 0.717) is 24.2 Å². The summed E-state index contributed by atoms with van der Waals surface area (Å²) in [7, 11) is 4.07. The number of hydrogen-bond donors (Lipinski definition) is 2. The fraction of sp³-hybridized carbons (Fsp3) is 0.343. The van der Waals surface area contributed by atoms with Gasteiger partial charge in [-0.1, -0.05) is 54.1 Å². The fourth-order valence-corrected chi connectivity index (χ4v) is 5.92.